The van der Waals surface area contributed by atoms with E-state index in [0.29, 0.717) is 17.2 Å². The molecule has 3 rings (SSSR count). The first-order valence-electron chi connectivity index (χ1n) is 6.69. The Morgan fingerprint density at radius 2 is 1.82 bits per heavy atom. The molecule has 3 aromatic rings. The summed E-state index contributed by atoms with van der Waals surface area (Å²) >= 11 is 0. The molecular weight excluding hydrogens is 280 g/mol. The summed E-state index contributed by atoms with van der Waals surface area (Å²) in [4.78, 5) is 11.3. The van der Waals surface area contributed by atoms with Gasteiger partial charge in [0.25, 0.3) is 0 Å². The van der Waals surface area contributed by atoms with Gasteiger partial charge in [-0.1, -0.05) is 47.2 Å². The molecule has 6 heteroatoms. The highest BCUT2D eigenvalue weighted by molar-refractivity contribution is 5.92. The molecule has 0 amide bonds. The fourth-order valence-electron chi connectivity index (χ4n) is 2.22. The van der Waals surface area contributed by atoms with Crippen LogP contribution in [0.3, 0.4) is 0 Å². The lowest BCUT2D eigenvalue weighted by atomic mass is 10.1. The molecule has 0 aliphatic heterocycles. The largest absolute Gasteiger partial charge is 0.478 e. The number of hydrogen-bond donors (Lipinski definition) is 2. The minimum atomic E-state index is -1.04. The number of carboxylic acids is 1. The minimum absolute atomic E-state index is 0.120. The second-order valence-electron chi connectivity index (χ2n) is 4.92. The molecule has 0 aliphatic rings. The minimum Gasteiger partial charge on any atom is -0.478 e. The van der Waals surface area contributed by atoms with Crippen LogP contribution in [0.2, 0.25) is 0 Å². The van der Waals surface area contributed by atoms with Crippen LogP contribution >= 0.6 is 0 Å². The number of hydrogen-bond acceptors (Lipinski definition) is 4. The van der Waals surface area contributed by atoms with E-state index >= 15 is 0 Å². The Labute approximate surface area is 126 Å². The van der Waals surface area contributed by atoms with Gasteiger partial charge in [-0.05, 0) is 19.1 Å². The van der Waals surface area contributed by atoms with E-state index in [0.717, 1.165) is 11.1 Å². The zero-order valence-corrected chi connectivity index (χ0v) is 11.9. The lowest BCUT2D eigenvalue weighted by Crippen LogP contribution is -2.09. The predicted octanol–water partition coefficient (Wildman–Crippen LogP) is 2.52. The van der Waals surface area contributed by atoms with E-state index in [4.69, 9.17) is 5.73 Å². The summed E-state index contributed by atoms with van der Waals surface area (Å²) in [7, 11) is 0. The topological polar surface area (TPSA) is 94.0 Å². The van der Waals surface area contributed by atoms with Crippen molar-refractivity contribution in [2.45, 2.75) is 6.92 Å². The van der Waals surface area contributed by atoms with Crippen LogP contribution in [0, 0.1) is 6.92 Å². The number of para-hydroxylation sites is 1. The lowest BCUT2D eigenvalue weighted by Gasteiger charge is -2.07. The van der Waals surface area contributed by atoms with Crippen molar-refractivity contribution in [1.29, 1.82) is 0 Å². The number of benzene rings is 2. The Hall–Kier alpha value is -3.15. The van der Waals surface area contributed by atoms with Crippen LogP contribution in [-0.4, -0.2) is 26.1 Å². The molecule has 2 aromatic carbocycles. The fourth-order valence-corrected chi connectivity index (χ4v) is 2.22. The molecule has 0 atom stereocenters. The van der Waals surface area contributed by atoms with Gasteiger partial charge in [-0.15, -0.1) is 5.10 Å². The molecule has 22 heavy (non-hydrogen) atoms. The number of nitrogens with zero attached hydrogens (tertiary/aromatic N) is 3. The van der Waals surface area contributed by atoms with Crippen LogP contribution < -0.4 is 5.73 Å². The van der Waals surface area contributed by atoms with Crippen LogP contribution in [0.4, 0.5) is 5.82 Å². The Bertz CT molecular complexity index is 838. The molecule has 1 aromatic heterocycles. The van der Waals surface area contributed by atoms with Crippen molar-refractivity contribution in [2.24, 2.45) is 0 Å². The standard InChI is InChI=1S/C16H14N4O2/c1-10-6-8-11(9-7-10)14-15(17)20(19-18-14)13-5-3-2-4-12(13)16(21)22/h2-9H,17H2,1H3,(H,21,22). The van der Waals surface area contributed by atoms with E-state index < -0.39 is 5.97 Å². The molecule has 0 saturated heterocycles. The average molecular weight is 294 g/mol. The van der Waals surface area contributed by atoms with E-state index in [1.807, 2.05) is 31.2 Å². The highest BCUT2D eigenvalue weighted by Crippen LogP contribution is 2.26. The van der Waals surface area contributed by atoms with Gasteiger partial charge in [0.2, 0.25) is 0 Å². The Kier molecular flexibility index (Phi) is 3.34. The molecule has 6 nitrogen and oxygen atoms in total. The molecule has 0 fully saturated rings. The van der Waals surface area contributed by atoms with Crippen molar-refractivity contribution in [3.05, 3.63) is 59.7 Å². The number of carbonyl (C=O) groups is 1. The fraction of sp³-hybridized carbons (Fsp3) is 0.0625. The summed E-state index contributed by atoms with van der Waals surface area (Å²) in [5.74, 6) is -0.736. The SMILES string of the molecule is Cc1ccc(-c2nnn(-c3ccccc3C(=O)O)c2N)cc1. The summed E-state index contributed by atoms with van der Waals surface area (Å²) in [6, 6.07) is 14.3. The van der Waals surface area contributed by atoms with Crippen molar-refractivity contribution in [3.63, 3.8) is 0 Å². The van der Waals surface area contributed by atoms with Crippen LogP contribution in [0.25, 0.3) is 16.9 Å². The van der Waals surface area contributed by atoms with Gasteiger partial charge in [-0.25, -0.2) is 4.79 Å². The zero-order chi connectivity index (χ0) is 15.7. The zero-order valence-electron chi connectivity index (χ0n) is 11.9. The Balaban J connectivity index is 2.12. The Morgan fingerprint density at radius 3 is 2.50 bits per heavy atom. The summed E-state index contributed by atoms with van der Waals surface area (Å²) in [5.41, 5.74) is 9.12. The number of nitrogen functional groups attached to an aromatic ring is 1. The van der Waals surface area contributed by atoms with Crippen molar-refractivity contribution < 1.29 is 9.90 Å². The third kappa shape index (κ3) is 2.31. The molecular formula is C16H14N4O2. The molecule has 110 valence electrons. The third-order valence-corrected chi connectivity index (χ3v) is 3.39. The monoisotopic (exact) mass is 294 g/mol. The number of rotatable bonds is 3. The first-order chi connectivity index (χ1) is 10.6. The molecule has 1 heterocycles. The van der Waals surface area contributed by atoms with E-state index in [2.05, 4.69) is 10.3 Å². The van der Waals surface area contributed by atoms with E-state index in [1.165, 1.54) is 10.7 Å². The number of aryl methyl sites for hydroxylation is 1. The number of carboxylic acid groups (broad SMARTS) is 1. The van der Waals surface area contributed by atoms with Gasteiger partial charge in [0.15, 0.2) is 5.82 Å². The smallest absolute Gasteiger partial charge is 0.337 e. The average Bonchev–Trinajstić information content (AvgIpc) is 2.89. The normalized spacial score (nSPS) is 10.6. The van der Waals surface area contributed by atoms with E-state index in [1.54, 1.807) is 18.2 Å². The summed E-state index contributed by atoms with van der Waals surface area (Å²) in [6.07, 6.45) is 0. The van der Waals surface area contributed by atoms with Crippen LogP contribution in [0.1, 0.15) is 15.9 Å². The maximum Gasteiger partial charge on any atom is 0.337 e. The highest BCUT2D eigenvalue weighted by atomic mass is 16.4. The highest BCUT2D eigenvalue weighted by Gasteiger charge is 2.17. The number of aromatic carboxylic acids is 1. The maximum atomic E-state index is 11.3. The van der Waals surface area contributed by atoms with Gasteiger partial charge in [0, 0.05) is 5.56 Å². The molecule has 0 radical (unpaired) electrons. The molecule has 3 N–H and O–H groups in total. The second-order valence-corrected chi connectivity index (χ2v) is 4.92. The molecule has 0 saturated carbocycles. The van der Waals surface area contributed by atoms with Crippen LogP contribution in [0.15, 0.2) is 48.5 Å². The summed E-state index contributed by atoms with van der Waals surface area (Å²) in [5, 5.41) is 17.4. The van der Waals surface area contributed by atoms with Crippen molar-refractivity contribution >= 4 is 11.8 Å². The van der Waals surface area contributed by atoms with Crippen LogP contribution in [0.5, 0.6) is 0 Å². The number of nitrogens with two attached hydrogens (primary N) is 1. The first kappa shape index (κ1) is 13.8. The summed E-state index contributed by atoms with van der Waals surface area (Å²) in [6.45, 7) is 1.99. The quantitative estimate of drug-likeness (QED) is 0.774. The van der Waals surface area contributed by atoms with Crippen LogP contribution in [-0.2, 0) is 0 Å². The summed E-state index contributed by atoms with van der Waals surface area (Å²) < 4.78 is 1.35. The van der Waals surface area contributed by atoms with Gasteiger partial charge in [0.05, 0.1) is 11.3 Å². The maximum absolute atomic E-state index is 11.3. The Morgan fingerprint density at radius 1 is 1.14 bits per heavy atom. The first-order valence-corrected chi connectivity index (χ1v) is 6.69. The molecule has 0 unspecified atom stereocenters. The second kappa shape index (κ2) is 5.33. The van der Waals surface area contributed by atoms with Gasteiger partial charge in [-0.3, -0.25) is 0 Å². The van der Waals surface area contributed by atoms with E-state index in [-0.39, 0.29) is 5.56 Å². The van der Waals surface area contributed by atoms with Gasteiger partial charge < -0.3 is 10.8 Å². The lowest BCUT2D eigenvalue weighted by molar-refractivity contribution is 0.0697. The molecule has 0 spiro atoms. The van der Waals surface area contributed by atoms with Crippen molar-refractivity contribution in [1.82, 2.24) is 15.0 Å². The molecule has 0 aliphatic carbocycles. The van der Waals surface area contributed by atoms with Crippen molar-refractivity contribution in [3.8, 4) is 16.9 Å². The van der Waals surface area contributed by atoms with Crippen molar-refractivity contribution in [2.75, 3.05) is 5.73 Å². The third-order valence-electron chi connectivity index (χ3n) is 3.39. The van der Waals surface area contributed by atoms with Gasteiger partial charge >= 0.3 is 5.97 Å². The molecule has 0 bridgehead atoms. The number of aromatic nitrogens is 3. The van der Waals surface area contributed by atoms with Gasteiger partial charge in [-0.2, -0.15) is 4.68 Å². The van der Waals surface area contributed by atoms with E-state index in [9.17, 15) is 9.90 Å². The predicted molar refractivity (Wildman–Crippen MR) is 82.9 cm³/mol. The number of anilines is 1. The van der Waals surface area contributed by atoms with Gasteiger partial charge in [0.1, 0.15) is 5.69 Å².